The predicted octanol–water partition coefficient (Wildman–Crippen LogP) is 5.91. The molecule has 0 aliphatic carbocycles. The highest BCUT2D eigenvalue weighted by Gasteiger charge is 2.05. The number of rotatable bonds is 6. The van der Waals surface area contributed by atoms with Gasteiger partial charge in [-0.2, -0.15) is 0 Å². The third-order valence-electron chi connectivity index (χ3n) is 3.31. The molecule has 0 saturated carbocycles. The Hall–Kier alpha value is -0.920. The van der Waals surface area contributed by atoms with Gasteiger partial charge in [0.15, 0.2) is 0 Å². The van der Waals surface area contributed by atoms with Crippen LogP contribution in [0.15, 0.2) is 36.5 Å². The standard InChI is InChI=1S/C16H19Cl2N/c1-2-3-4-5-6-13-7-9-14(10-8-13)19-12-11-15(17)16(19)18/h7-12H,2-6H2,1H3. The number of nitrogens with zero attached hydrogens (tertiary/aromatic N) is 1. The van der Waals surface area contributed by atoms with Crippen LogP contribution in [0.25, 0.3) is 5.69 Å². The summed E-state index contributed by atoms with van der Waals surface area (Å²) in [6.45, 7) is 2.24. The maximum Gasteiger partial charge on any atom is 0.132 e. The Balaban J connectivity index is 2.00. The molecule has 2 rings (SSSR count). The molecule has 1 heterocycles. The van der Waals surface area contributed by atoms with Crippen LogP contribution in [-0.2, 0) is 6.42 Å². The van der Waals surface area contributed by atoms with E-state index >= 15 is 0 Å². The molecule has 0 spiro atoms. The van der Waals surface area contributed by atoms with E-state index in [1.807, 2.05) is 16.8 Å². The van der Waals surface area contributed by atoms with Crippen LogP contribution in [0.1, 0.15) is 38.2 Å². The molecule has 1 nitrogen and oxygen atoms in total. The van der Waals surface area contributed by atoms with Crippen molar-refractivity contribution in [1.29, 1.82) is 0 Å². The van der Waals surface area contributed by atoms with Crippen molar-refractivity contribution >= 4 is 23.2 Å². The third-order valence-corrected chi connectivity index (χ3v) is 4.10. The number of hydrogen-bond donors (Lipinski definition) is 0. The van der Waals surface area contributed by atoms with E-state index in [4.69, 9.17) is 23.2 Å². The smallest absolute Gasteiger partial charge is 0.132 e. The van der Waals surface area contributed by atoms with Crippen molar-refractivity contribution in [3.63, 3.8) is 0 Å². The number of benzene rings is 1. The maximum atomic E-state index is 6.13. The Morgan fingerprint density at radius 3 is 2.26 bits per heavy atom. The molecule has 0 aliphatic rings. The summed E-state index contributed by atoms with van der Waals surface area (Å²) >= 11 is 12.1. The molecule has 0 unspecified atom stereocenters. The first-order valence-corrected chi connectivity index (χ1v) is 7.59. The Labute approximate surface area is 125 Å². The highest BCUT2D eigenvalue weighted by molar-refractivity contribution is 6.41. The van der Waals surface area contributed by atoms with E-state index in [-0.39, 0.29) is 0 Å². The average molecular weight is 296 g/mol. The molecule has 0 fully saturated rings. The number of aromatic nitrogens is 1. The fraction of sp³-hybridized carbons (Fsp3) is 0.375. The lowest BCUT2D eigenvalue weighted by Crippen LogP contribution is -1.93. The van der Waals surface area contributed by atoms with Gasteiger partial charge in [-0.3, -0.25) is 0 Å². The van der Waals surface area contributed by atoms with Crippen LogP contribution in [0, 0.1) is 0 Å². The summed E-state index contributed by atoms with van der Waals surface area (Å²) < 4.78 is 1.89. The van der Waals surface area contributed by atoms with Gasteiger partial charge in [0.25, 0.3) is 0 Å². The zero-order valence-electron chi connectivity index (χ0n) is 11.2. The lowest BCUT2D eigenvalue weighted by molar-refractivity contribution is 0.667. The third kappa shape index (κ3) is 3.77. The van der Waals surface area contributed by atoms with E-state index < -0.39 is 0 Å². The monoisotopic (exact) mass is 295 g/mol. The second-order valence-corrected chi connectivity index (χ2v) is 5.57. The summed E-state index contributed by atoms with van der Waals surface area (Å²) in [6, 6.07) is 10.3. The first-order chi connectivity index (χ1) is 9.22. The molecule has 1 aromatic carbocycles. The van der Waals surface area contributed by atoms with E-state index in [1.165, 1.54) is 31.2 Å². The summed E-state index contributed by atoms with van der Waals surface area (Å²) in [5, 5.41) is 1.16. The van der Waals surface area contributed by atoms with Crippen LogP contribution in [0.4, 0.5) is 0 Å². The van der Waals surface area contributed by atoms with Crippen molar-refractivity contribution in [3.05, 3.63) is 52.3 Å². The van der Waals surface area contributed by atoms with Crippen molar-refractivity contribution in [3.8, 4) is 5.69 Å². The van der Waals surface area contributed by atoms with Gasteiger partial charge in [0, 0.05) is 11.9 Å². The molecule has 1 aromatic heterocycles. The number of aryl methyl sites for hydroxylation is 1. The lowest BCUT2D eigenvalue weighted by atomic mass is 10.1. The van der Waals surface area contributed by atoms with Crippen molar-refractivity contribution in [1.82, 2.24) is 4.57 Å². The van der Waals surface area contributed by atoms with Crippen LogP contribution < -0.4 is 0 Å². The van der Waals surface area contributed by atoms with Crippen molar-refractivity contribution in [2.24, 2.45) is 0 Å². The Morgan fingerprint density at radius 1 is 0.947 bits per heavy atom. The number of halogens is 2. The second-order valence-electron chi connectivity index (χ2n) is 4.80. The normalized spacial score (nSPS) is 10.9. The van der Waals surface area contributed by atoms with Gasteiger partial charge in [0.2, 0.25) is 0 Å². The van der Waals surface area contributed by atoms with E-state index in [1.54, 1.807) is 0 Å². The summed E-state index contributed by atoms with van der Waals surface area (Å²) in [4.78, 5) is 0. The first kappa shape index (κ1) is 14.5. The maximum absolute atomic E-state index is 6.13. The van der Waals surface area contributed by atoms with Gasteiger partial charge in [0.05, 0.1) is 5.02 Å². The number of hydrogen-bond acceptors (Lipinski definition) is 0. The minimum Gasteiger partial charge on any atom is -0.306 e. The van der Waals surface area contributed by atoms with Gasteiger partial charge in [-0.25, -0.2) is 0 Å². The highest BCUT2D eigenvalue weighted by atomic mass is 35.5. The van der Waals surface area contributed by atoms with Crippen LogP contribution in [0.5, 0.6) is 0 Å². The molecule has 19 heavy (non-hydrogen) atoms. The summed E-state index contributed by atoms with van der Waals surface area (Å²) in [6.07, 6.45) is 8.24. The van der Waals surface area contributed by atoms with Gasteiger partial charge in [-0.1, -0.05) is 61.5 Å². The average Bonchev–Trinajstić information content (AvgIpc) is 2.76. The van der Waals surface area contributed by atoms with Gasteiger partial charge >= 0.3 is 0 Å². The van der Waals surface area contributed by atoms with E-state index in [9.17, 15) is 0 Å². The van der Waals surface area contributed by atoms with Gasteiger partial charge in [0.1, 0.15) is 5.15 Å². The fourth-order valence-electron chi connectivity index (χ4n) is 2.17. The molecule has 3 heteroatoms. The lowest BCUT2D eigenvalue weighted by Gasteiger charge is -2.07. The van der Waals surface area contributed by atoms with Crippen LogP contribution in [0.2, 0.25) is 10.2 Å². The summed E-state index contributed by atoms with van der Waals surface area (Å²) in [5.41, 5.74) is 2.43. The van der Waals surface area contributed by atoms with E-state index in [0.29, 0.717) is 10.2 Å². The molecule has 0 N–H and O–H groups in total. The largest absolute Gasteiger partial charge is 0.306 e. The molecule has 2 aromatic rings. The molecule has 0 radical (unpaired) electrons. The molecular weight excluding hydrogens is 277 g/mol. The molecule has 0 aliphatic heterocycles. The van der Waals surface area contributed by atoms with Crippen molar-refractivity contribution in [2.75, 3.05) is 0 Å². The van der Waals surface area contributed by atoms with E-state index in [0.717, 1.165) is 12.1 Å². The molecular formula is C16H19Cl2N. The SMILES string of the molecule is CCCCCCc1ccc(-n2ccc(Cl)c2Cl)cc1. The Bertz CT molecular complexity index is 514. The summed E-state index contributed by atoms with van der Waals surface area (Å²) in [5.74, 6) is 0. The molecule has 102 valence electrons. The molecule has 0 atom stereocenters. The Morgan fingerprint density at radius 2 is 1.68 bits per heavy atom. The van der Waals surface area contributed by atoms with Crippen LogP contribution in [-0.4, -0.2) is 4.57 Å². The second kappa shape index (κ2) is 7.02. The van der Waals surface area contributed by atoms with Crippen LogP contribution >= 0.6 is 23.2 Å². The van der Waals surface area contributed by atoms with Gasteiger partial charge in [-0.05, 0) is 36.6 Å². The predicted molar refractivity (Wildman–Crippen MR) is 83.6 cm³/mol. The summed E-state index contributed by atoms with van der Waals surface area (Å²) in [7, 11) is 0. The first-order valence-electron chi connectivity index (χ1n) is 6.84. The molecule has 0 amide bonds. The zero-order chi connectivity index (χ0) is 13.7. The minimum atomic E-state index is 0.567. The quantitative estimate of drug-likeness (QED) is 0.584. The fourth-order valence-corrected chi connectivity index (χ4v) is 2.53. The van der Waals surface area contributed by atoms with Gasteiger partial charge < -0.3 is 4.57 Å². The molecule has 0 saturated heterocycles. The van der Waals surface area contributed by atoms with E-state index in [2.05, 4.69) is 31.2 Å². The molecule has 0 bridgehead atoms. The zero-order valence-corrected chi connectivity index (χ0v) is 12.7. The van der Waals surface area contributed by atoms with Crippen molar-refractivity contribution < 1.29 is 0 Å². The van der Waals surface area contributed by atoms with Crippen molar-refractivity contribution in [2.45, 2.75) is 39.0 Å². The Kier molecular flexibility index (Phi) is 5.35. The minimum absolute atomic E-state index is 0.567. The highest BCUT2D eigenvalue weighted by Crippen LogP contribution is 2.26. The van der Waals surface area contributed by atoms with Gasteiger partial charge in [-0.15, -0.1) is 0 Å². The van der Waals surface area contributed by atoms with Crippen LogP contribution in [0.3, 0.4) is 0 Å². The topological polar surface area (TPSA) is 4.93 Å². The number of unbranched alkanes of at least 4 members (excludes halogenated alkanes) is 3.